The lowest BCUT2D eigenvalue weighted by molar-refractivity contribution is -0.117. The van der Waals surface area contributed by atoms with E-state index < -0.39 is 11.8 Å². The van der Waals surface area contributed by atoms with Gasteiger partial charge in [0, 0.05) is 35.1 Å². The Morgan fingerprint density at radius 3 is 2.19 bits per heavy atom. The summed E-state index contributed by atoms with van der Waals surface area (Å²) in [5, 5.41) is 12.4. The number of aryl methyl sites for hydroxylation is 1. The molecule has 0 aliphatic carbocycles. The number of carbonyl (C=O) groups excluding carboxylic acids is 2. The molecule has 0 saturated heterocycles. The Balaban J connectivity index is 1.29. The first kappa shape index (κ1) is 29.0. The lowest BCUT2D eigenvalue weighted by Crippen LogP contribution is -2.34. The van der Waals surface area contributed by atoms with Crippen LogP contribution in [0.1, 0.15) is 27.2 Å². The van der Waals surface area contributed by atoms with Crippen LogP contribution in [0, 0.1) is 6.92 Å². The molecule has 4 aromatic carbocycles. The van der Waals surface area contributed by atoms with Crippen molar-refractivity contribution in [1.29, 1.82) is 0 Å². The van der Waals surface area contributed by atoms with Crippen molar-refractivity contribution in [3.8, 4) is 11.3 Å². The molecule has 0 fully saturated rings. The molecule has 0 saturated carbocycles. The first-order chi connectivity index (χ1) is 20.9. The third-order valence-electron chi connectivity index (χ3n) is 6.45. The summed E-state index contributed by atoms with van der Waals surface area (Å²) in [6.45, 7) is 2.24. The number of rotatable bonds is 9. The number of thiocarbonyl (C=S) groups is 1. The molecule has 0 radical (unpaired) electrons. The zero-order chi connectivity index (χ0) is 30.0. The van der Waals surface area contributed by atoms with Gasteiger partial charge in [0.05, 0.1) is 0 Å². The molecule has 214 valence electrons. The molecule has 0 spiro atoms. The molecule has 0 aliphatic rings. The molecule has 7 nitrogen and oxygen atoms in total. The van der Waals surface area contributed by atoms with Gasteiger partial charge in [-0.25, -0.2) is 0 Å². The van der Waals surface area contributed by atoms with Gasteiger partial charge in [-0.05, 0) is 73.2 Å². The first-order valence-electron chi connectivity index (χ1n) is 13.7. The van der Waals surface area contributed by atoms with Crippen LogP contribution in [0.2, 0.25) is 0 Å². The maximum absolute atomic E-state index is 13.4. The molecule has 0 bridgehead atoms. The summed E-state index contributed by atoms with van der Waals surface area (Å²) < 4.78 is 6.00. The van der Waals surface area contributed by atoms with E-state index >= 15 is 0 Å². The van der Waals surface area contributed by atoms with E-state index in [1.54, 1.807) is 30.3 Å². The van der Waals surface area contributed by atoms with Gasteiger partial charge in [-0.3, -0.25) is 9.59 Å². The molecule has 43 heavy (non-hydrogen) atoms. The third-order valence-corrected chi connectivity index (χ3v) is 6.65. The highest BCUT2D eigenvalue weighted by Gasteiger charge is 2.16. The molecule has 2 amide bonds. The first-order valence-corrected chi connectivity index (χ1v) is 14.1. The smallest absolute Gasteiger partial charge is 0.268 e. The van der Waals surface area contributed by atoms with E-state index in [4.69, 9.17) is 16.6 Å². The number of para-hydroxylation sites is 1. The molecule has 0 atom stereocenters. The third kappa shape index (κ3) is 8.28. The lowest BCUT2D eigenvalue weighted by atomic mass is 10.1. The van der Waals surface area contributed by atoms with Gasteiger partial charge in [0.1, 0.15) is 17.2 Å². The Morgan fingerprint density at radius 2 is 1.44 bits per heavy atom. The van der Waals surface area contributed by atoms with Crippen molar-refractivity contribution in [1.82, 2.24) is 10.6 Å². The average Bonchev–Trinajstić information content (AvgIpc) is 3.49. The van der Waals surface area contributed by atoms with Gasteiger partial charge in [-0.1, -0.05) is 78.4 Å². The number of furan rings is 1. The van der Waals surface area contributed by atoms with Crippen molar-refractivity contribution < 1.29 is 14.0 Å². The summed E-state index contributed by atoms with van der Waals surface area (Å²) in [6, 6.07) is 37.4. The fourth-order valence-corrected chi connectivity index (χ4v) is 4.48. The van der Waals surface area contributed by atoms with E-state index in [0.717, 1.165) is 28.1 Å². The number of benzene rings is 4. The largest absolute Gasteiger partial charge is 0.457 e. The number of carbonyl (C=O) groups is 2. The molecule has 4 N–H and O–H groups in total. The molecule has 0 unspecified atom stereocenters. The van der Waals surface area contributed by atoms with E-state index in [-0.39, 0.29) is 12.2 Å². The molecule has 5 aromatic rings. The summed E-state index contributed by atoms with van der Waals surface area (Å²) >= 11 is 5.43. The van der Waals surface area contributed by atoms with Crippen LogP contribution in [-0.4, -0.2) is 16.9 Å². The van der Waals surface area contributed by atoms with Crippen LogP contribution in [-0.2, 0) is 11.3 Å². The monoisotopic (exact) mass is 586 g/mol. The molecular weight excluding hydrogens is 556 g/mol. The van der Waals surface area contributed by atoms with E-state index in [2.05, 4.69) is 21.3 Å². The number of hydrogen-bond donors (Lipinski definition) is 4. The molecule has 0 aliphatic heterocycles. The predicted molar refractivity (Wildman–Crippen MR) is 175 cm³/mol. The van der Waals surface area contributed by atoms with Gasteiger partial charge >= 0.3 is 0 Å². The average molecular weight is 587 g/mol. The minimum atomic E-state index is -0.461. The number of nitrogens with one attached hydrogen (secondary N) is 4. The summed E-state index contributed by atoms with van der Waals surface area (Å²) in [5.74, 6) is 0.222. The van der Waals surface area contributed by atoms with Crippen molar-refractivity contribution in [3.63, 3.8) is 0 Å². The van der Waals surface area contributed by atoms with E-state index in [1.165, 1.54) is 6.08 Å². The van der Waals surface area contributed by atoms with Crippen LogP contribution in [0.5, 0.6) is 0 Å². The van der Waals surface area contributed by atoms with Crippen LogP contribution in [0.4, 0.5) is 11.4 Å². The van der Waals surface area contributed by atoms with Gasteiger partial charge in [0.25, 0.3) is 11.8 Å². The van der Waals surface area contributed by atoms with Crippen LogP contribution in [0.3, 0.4) is 0 Å². The zero-order valence-corrected chi connectivity index (χ0v) is 24.3. The fraction of sp³-hybridized carbons (Fsp3) is 0.0571. The number of hydrogen-bond acceptors (Lipinski definition) is 4. The summed E-state index contributed by atoms with van der Waals surface area (Å²) in [5.41, 5.74) is 5.04. The van der Waals surface area contributed by atoms with Crippen molar-refractivity contribution >= 4 is 46.6 Å². The molecule has 1 heterocycles. The van der Waals surface area contributed by atoms with Gasteiger partial charge in [-0.2, -0.15) is 0 Å². The van der Waals surface area contributed by atoms with E-state index in [0.29, 0.717) is 22.2 Å². The van der Waals surface area contributed by atoms with E-state index in [1.807, 2.05) is 97.9 Å². The normalized spacial score (nSPS) is 11.0. The van der Waals surface area contributed by atoms with Crippen molar-refractivity contribution in [2.24, 2.45) is 0 Å². The van der Waals surface area contributed by atoms with Crippen molar-refractivity contribution in [3.05, 3.63) is 149 Å². The number of anilines is 2. The van der Waals surface area contributed by atoms with Gasteiger partial charge in [0.2, 0.25) is 0 Å². The Bertz CT molecular complexity index is 1750. The quantitative estimate of drug-likeness (QED) is 0.108. The molecule has 5 rings (SSSR count). The number of amides is 2. The van der Waals surface area contributed by atoms with Crippen LogP contribution in [0.15, 0.2) is 131 Å². The van der Waals surface area contributed by atoms with Crippen molar-refractivity contribution in [2.75, 3.05) is 10.6 Å². The highest BCUT2D eigenvalue weighted by Crippen LogP contribution is 2.24. The molecule has 1 aromatic heterocycles. The second-order valence-corrected chi connectivity index (χ2v) is 10.2. The highest BCUT2D eigenvalue weighted by molar-refractivity contribution is 7.80. The topological polar surface area (TPSA) is 95.4 Å². The van der Waals surface area contributed by atoms with Crippen molar-refractivity contribution in [2.45, 2.75) is 13.5 Å². The lowest BCUT2D eigenvalue weighted by Gasteiger charge is -2.13. The summed E-state index contributed by atoms with van der Waals surface area (Å²) in [7, 11) is 0. The second-order valence-electron chi connectivity index (χ2n) is 9.77. The summed E-state index contributed by atoms with van der Waals surface area (Å²) in [4.78, 5) is 26.4. The van der Waals surface area contributed by atoms with Gasteiger partial charge in [0.15, 0.2) is 5.11 Å². The van der Waals surface area contributed by atoms with Crippen LogP contribution < -0.4 is 21.3 Å². The van der Waals surface area contributed by atoms with Gasteiger partial charge in [-0.15, -0.1) is 0 Å². The Morgan fingerprint density at radius 1 is 0.767 bits per heavy atom. The SMILES string of the molecule is Cc1ccc(-c2ccc(C=C(NC(=O)c3ccccc3)C(=O)NCc3cccc(NC(=S)Nc4ccccc4)c3)o2)cc1. The van der Waals surface area contributed by atoms with Crippen LogP contribution >= 0.6 is 12.2 Å². The molecule has 8 heteroatoms. The Hall–Kier alpha value is -5.47. The fourth-order valence-electron chi connectivity index (χ4n) is 4.24. The maximum atomic E-state index is 13.4. The summed E-state index contributed by atoms with van der Waals surface area (Å²) in [6.07, 6.45) is 1.53. The highest BCUT2D eigenvalue weighted by atomic mass is 32.1. The van der Waals surface area contributed by atoms with Gasteiger partial charge < -0.3 is 25.7 Å². The zero-order valence-electron chi connectivity index (χ0n) is 23.5. The minimum absolute atomic E-state index is 0.0566. The van der Waals surface area contributed by atoms with Crippen LogP contribution in [0.25, 0.3) is 17.4 Å². The predicted octanol–water partition coefficient (Wildman–Crippen LogP) is 7.15. The standard InChI is InChI=1S/C35H30N4O3S/c1-24-15-17-26(18-16-24)32-20-19-30(42-32)22-31(39-33(40)27-10-4-2-5-11-27)34(41)36-23-25-9-8-14-29(21-25)38-35(43)37-28-12-6-3-7-13-28/h2-22H,23H2,1H3,(H,36,41)(H,39,40)(H2,37,38,43). The van der Waals surface area contributed by atoms with E-state index in [9.17, 15) is 9.59 Å². The Kier molecular flexibility index (Phi) is 9.41. The maximum Gasteiger partial charge on any atom is 0.268 e. The minimum Gasteiger partial charge on any atom is -0.457 e. The Labute approximate surface area is 255 Å². The second kappa shape index (κ2) is 13.9. The molecular formula is C35H30N4O3S.